The molecule has 0 spiro atoms. The molecule has 0 heterocycles. The number of aliphatic hydroxyl groups excluding tert-OH is 1. The largest absolute Gasteiger partial charge is 0.494 e. The lowest BCUT2D eigenvalue weighted by atomic mass is 10.2. The van der Waals surface area contributed by atoms with Crippen LogP contribution < -0.4 is 4.74 Å². The fourth-order valence-electron chi connectivity index (χ4n) is 0.962. The van der Waals surface area contributed by atoms with Gasteiger partial charge in [0.2, 0.25) is 0 Å². The number of aliphatic imine (C=N–C) groups is 1. The van der Waals surface area contributed by atoms with Crippen LogP contribution in [0.5, 0.6) is 5.75 Å². The van der Waals surface area contributed by atoms with Crippen molar-refractivity contribution in [1.82, 2.24) is 0 Å². The van der Waals surface area contributed by atoms with Gasteiger partial charge in [0.15, 0.2) is 0 Å². The van der Waals surface area contributed by atoms with Gasteiger partial charge in [0.25, 0.3) is 0 Å². The number of rotatable bonds is 3. The Hall–Kier alpha value is -1.22. The van der Waals surface area contributed by atoms with Gasteiger partial charge in [-0.2, -0.15) is 4.99 Å². The average molecular weight is 195 g/mol. The van der Waals surface area contributed by atoms with Crippen LogP contribution in [0.15, 0.2) is 23.2 Å². The first-order valence-electron chi connectivity index (χ1n) is 3.67. The van der Waals surface area contributed by atoms with Gasteiger partial charge in [-0.1, -0.05) is 6.07 Å². The minimum atomic E-state index is -0.0159. The number of nitrogens with zero attached hydrogens (tertiary/aromatic N) is 1. The molecule has 1 N–H and O–H groups in total. The predicted molar refractivity (Wildman–Crippen MR) is 53.6 cm³/mol. The Balaban J connectivity index is 3.15. The molecule has 1 aromatic carbocycles. The molecule has 0 amide bonds. The average Bonchev–Trinajstić information content (AvgIpc) is 2.19. The second kappa shape index (κ2) is 4.72. The Labute approximate surface area is 81.7 Å². The van der Waals surface area contributed by atoms with Crippen molar-refractivity contribution in [2.45, 2.75) is 6.61 Å². The molecule has 0 atom stereocenters. The number of ether oxygens (including phenoxy) is 1. The molecule has 0 aliphatic carbocycles. The van der Waals surface area contributed by atoms with Crippen LogP contribution in [0.3, 0.4) is 0 Å². The normalized spacial score (nSPS) is 9.08. The third-order valence-corrected chi connectivity index (χ3v) is 1.68. The Morgan fingerprint density at radius 2 is 2.38 bits per heavy atom. The van der Waals surface area contributed by atoms with Gasteiger partial charge in [-0.3, -0.25) is 0 Å². The van der Waals surface area contributed by atoms with Crippen molar-refractivity contribution in [3.63, 3.8) is 0 Å². The summed E-state index contributed by atoms with van der Waals surface area (Å²) < 4.78 is 5.05. The standard InChI is InChI=1S/C9H9NO2S/c1-12-9-4-7(5-11)2-3-8(9)10-6-13/h2-4,11H,5H2,1H3. The van der Waals surface area contributed by atoms with Crippen LogP contribution in [0.4, 0.5) is 5.69 Å². The van der Waals surface area contributed by atoms with Crippen LogP contribution in [0.1, 0.15) is 5.56 Å². The van der Waals surface area contributed by atoms with E-state index < -0.39 is 0 Å². The molecule has 4 heteroatoms. The minimum absolute atomic E-state index is 0.0159. The molecular weight excluding hydrogens is 186 g/mol. The first-order chi connectivity index (χ1) is 6.31. The van der Waals surface area contributed by atoms with Gasteiger partial charge < -0.3 is 9.84 Å². The van der Waals surface area contributed by atoms with Crippen LogP contribution in [-0.2, 0) is 6.61 Å². The van der Waals surface area contributed by atoms with E-state index in [9.17, 15) is 0 Å². The zero-order valence-electron chi connectivity index (χ0n) is 7.15. The van der Waals surface area contributed by atoms with Crippen molar-refractivity contribution in [2.75, 3.05) is 7.11 Å². The van der Waals surface area contributed by atoms with Gasteiger partial charge >= 0.3 is 0 Å². The molecule has 0 aliphatic rings. The summed E-state index contributed by atoms with van der Waals surface area (Å²) in [5.41, 5.74) is 1.40. The maximum atomic E-state index is 8.86. The highest BCUT2D eigenvalue weighted by Crippen LogP contribution is 2.27. The number of benzene rings is 1. The molecule has 13 heavy (non-hydrogen) atoms. The van der Waals surface area contributed by atoms with E-state index in [2.05, 4.69) is 22.4 Å². The van der Waals surface area contributed by atoms with E-state index in [1.165, 1.54) is 0 Å². The van der Waals surface area contributed by atoms with Gasteiger partial charge in [-0.25, -0.2) is 0 Å². The Kier molecular flexibility index (Phi) is 3.58. The van der Waals surface area contributed by atoms with E-state index >= 15 is 0 Å². The summed E-state index contributed by atoms with van der Waals surface area (Å²) in [6, 6.07) is 5.20. The van der Waals surface area contributed by atoms with Gasteiger partial charge in [0.05, 0.1) is 18.9 Å². The lowest BCUT2D eigenvalue weighted by molar-refractivity contribution is 0.281. The van der Waals surface area contributed by atoms with Gasteiger partial charge in [-0.15, -0.1) is 0 Å². The Morgan fingerprint density at radius 3 is 2.92 bits per heavy atom. The van der Waals surface area contributed by atoms with Crippen LogP contribution in [0.2, 0.25) is 0 Å². The zero-order chi connectivity index (χ0) is 9.68. The van der Waals surface area contributed by atoms with E-state index in [-0.39, 0.29) is 6.61 Å². The van der Waals surface area contributed by atoms with Crippen LogP contribution in [0, 0.1) is 0 Å². The minimum Gasteiger partial charge on any atom is -0.494 e. The van der Waals surface area contributed by atoms with Crippen LogP contribution in [0.25, 0.3) is 0 Å². The molecule has 0 fully saturated rings. The summed E-state index contributed by atoms with van der Waals surface area (Å²) in [6.45, 7) is -0.0159. The Bertz CT molecular complexity index is 345. The van der Waals surface area contributed by atoms with Crippen LogP contribution in [-0.4, -0.2) is 17.4 Å². The third kappa shape index (κ3) is 2.36. The zero-order valence-corrected chi connectivity index (χ0v) is 7.97. The molecule has 68 valence electrons. The summed E-state index contributed by atoms with van der Waals surface area (Å²) in [6.07, 6.45) is 0. The number of isothiocyanates is 1. The summed E-state index contributed by atoms with van der Waals surface area (Å²) >= 11 is 4.48. The summed E-state index contributed by atoms with van der Waals surface area (Å²) in [5.74, 6) is 0.587. The second-order valence-electron chi connectivity index (χ2n) is 2.37. The van der Waals surface area contributed by atoms with Crippen molar-refractivity contribution in [3.8, 4) is 5.75 Å². The fourth-order valence-corrected chi connectivity index (χ4v) is 1.06. The molecule has 0 radical (unpaired) electrons. The quantitative estimate of drug-likeness (QED) is 0.591. The highest BCUT2D eigenvalue weighted by atomic mass is 32.1. The number of hydrogen-bond acceptors (Lipinski definition) is 4. The van der Waals surface area contributed by atoms with Crippen LogP contribution >= 0.6 is 12.2 Å². The molecule has 0 saturated heterocycles. The molecule has 0 unspecified atom stereocenters. The highest BCUT2D eigenvalue weighted by molar-refractivity contribution is 7.78. The van der Waals surface area contributed by atoms with Crippen molar-refractivity contribution in [1.29, 1.82) is 0 Å². The molecule has 0 saturated carbocycles. The Morgan fingerprint density at radius 1 is 1.62 bits per heavy atom. The molecule has 1 rings (SSSR count). The highest BCUT2D eigenvalue weighted by Gasteiger charge is 2.01. The van der Waals surface area contributed by atoms with Crippen molar-refractivity contribution in [3.05, 3.63) is 23.8 Å². The van der Waals surface area contributed by atoms with E-state index in [0.29, 0.717) is 11.4 Å². The summed E-state index contributed by atoms with van der Waals surface area (Å²) in [5, 5.41) is 11.1. The smallest absolute Gasteiger partial charge is 0.145 e. The summed E-state index contributed by atoms with van der Waals surface area (Å²) in [4.78, 5) is 3.81. The molecule has 0 aliphatic heterocycles. The maximum absolute atomic E-state index is 8.86. The topological polar surface area (TPSA) is 41.8 Å². The first-order valence-corrected chi connectivity index (χ1v) is 4.08. The molecule has 1 aromatic rings. The van der Waals surface area contributed by atoms with Gasteiger partial charge in [0, 0.05) is 0 Å². The number of methoxy groups -OCH3 is 1. The third-order valence-electron chi connectivity index (χ3n) is 1.59. The molecule has 3 nitrogen and oxygen atoms in total. The lowest BCUT2D eigenvalue weighted by Crippen LogP contribution is -1.87. The van der Waals surface area contributed by atoms with Gasteiger partial charge in [-0.05, 0) is 29.9 Å². The monoisotopic (exact) mass is 195 g/mol. The SMILES string of the molecule is COc1cc(CO)ccc1N=C=S. The van der Waals surface area contributed by atoms with E-state index in [0.717, 1.165) is 5.56 Å². The molecular formula is C9H9NO2S. The predicted octanol–water partition coefficient (Wildman–Crippen LogP) is 1.92. The summed E-state index contributed by atoms with van der Waals surface area (Å²) in [7, 11) is 1.54. The van der Waals surface area contributed by atoms with E-state index in [1.54, 1.807) is 25.3 Å². The van der Waals surface area contributed by atoms with Crippen molar-refractivity contribution in [2.24, 2.45) is 4.99 Å². The first kappa shape index (κ1) is 9.86. The number of aliphatic hydroxyl groups is 1. The lowest BCUT2D eigenvalue weighted by Gasteiger charge is -2.04. The fraction of sp³-hybridized carbons (Fsp3) is 0.222. The van der Waals surface area contributed by atoms with Crippen molar-refractivity contribution >= 4 is 23.1 Å². The van der Waals surface area contributed by atoms with Gasteiger partial charge in [0.1, 0.15) is 11.4 Å². The van der Waals surface area contributed by atoms with Crippen molar-refractivity contribution < 1.29 is 9.84 Å². The van der Waals surface area contributed by atoms with E-state index in [4.69, 9.17) is 9.84 Å². The number of hydrogen-bond donors (Lipinski definition) is 1. The molecule has 0 aromatic heterocycles. The second-order valence-corrected chi connectivity index (χ2v) is 2.55. The van der Waals surface area contributed by atoms with E-state index in [1.807, 2.05) is 0 Å². The maximum Gasteiger partial charge on any atom is 0.145 e. The molecule has 0 bridgehead atoms. The number of thiocarbonyl (C=S) groups is 1.